The van der Waals surface area contributed by atoms with Crippen LogP contribution in [-0.4, -0.2) is 12.0 Å². The van der Waals surface area contributed by atoms with E-state index in [1.807, 2.05) is 0 Å². The van der Waals surface area contributed by atoms with Gasteiger partial charge in [0.15, 0.2) is 5.78 Å². The lowest BCUT2D eigenvalue weighted by Crippen LogP contribution is -2.01. The molecule has 0 fully saturated rings. The molecule has 2 nitrogen and oxygen atoms in total. The van der Waals surface area contributed by atoms with Gasteiger partial charge in [-0.25, -0.2) is 0 Å². The van der Waals surface area contributed by atoms with Crippen molar-refractivity contribution in [1.29, 1.82) is 0 Å². The van der Waals surface area contributed by atoms with Gasteiger partial charge in [-0.15, -0.1) is 0 Å². The lowest BCUT2D eigenvalue weighted by atomic mass is 10.1. The van der Waals surface area contributed by atoms with Crippen LogP contribution in [0.4, 0.5) is 13.2 Å². The summed E-state index contributed by atoms with van der Waals surface area (Å²) < 4.78 is 39.9. The molecular weight excluding hydrogens is 221 g/mol. The second-order valence-corrected chi connectivity index (χ2v) is 3.04. The van der Waals surface area contributed by atoms with Crippen molar-refractivity contribution in [3.8, 4) is 5.75 Å². The minimum Gasteiger partial charge on any atom is -0.465 e. The Morgan fingerprint density at radius 3 is 2.25 bits per heavy atom. The van der Waals surface area contributed by atoms with Crippen LogP contribution in [0.15, 0.2) is 36.6 Å². The first-order valence-corrected chi connectivity index (χ1v) is 4.40. The molecule has 0 radical (unpaired) electrons. The monoisotopic (exact) mass is 230 g/mol. The van der Waals surface area contributed by atoms with Crippen molar-refractivity contribution in [2.75, 3.05) is 0 Å². The zero-order valence-corrected chi connectivity index (χ0v) is 8.41. The second kappa shape index (κ2) is 4.83. The molecule has 16 heavy (non-hydrogen) atoms. The van der Waals surface area contributed by atoms with Crippen LogP contribution in [0.5, 0.6) is 5.75 Å². The van der Waals surface area contributed by atoms with E-state index in [4.69, 9.17) is 4.74 Å². The predicted octanol–water partition coefficient (Wildman–Crippen LogP) is 3.34. The van der Waals surface area contributed by atoms with Gasteiger partial charge < -0.3 is 4.74 Å². The van der Waals surface area contributed by atoms with Gasteiger partial charge in [-0.2, -0.15) is 13.2 Å². The SMILES string of the molecule is CC(=O)c1ccc(O/C=C\C(F)(F)F)cc1. The van der Waals surface area contributed by atoms with Crippen molar-refractivity contribution in [2.24, 2.45) is 0 Å². The van der Waals surface area contributed by atoms with Crippen LogP contribution in [-0.2, 0) is 0 Å². The Balaban J connectivity index is 2.63. The fraction of sp³-hybridized carbons (Fsp3) is 0.182. The van der Waals surface area contributed by atoms with Crippen molar-refractivity contribution in [1.82, 2.24) is 0 Å². The number of halogens is 3. The van der Waals surface area contributed by atoms with E-state index in [0.29, 0.717) is 11.8 Å². The number of carbonyl (C=O) groups is 1. The number of hydrogen-bond donors (Lipinski definition) is 0. The van der Waals surface area contributed by atoms with Crippen LogP contribution in [0.3, 0.4) is 0 Å². The summed E-state index contributed by atoms with van der Waals surface area (Å²) in [7, 11) is 0. The summed E-state index contributed by atoms with van der Waals surface area (Å²) in [4.78, 5) is 10.9. The maximum Gasteiger partial charge on any atom is 0.412 e. The van der Waals surface area contributed by atoms with Gasteiger partial charge in [0.05, 0.1) is 12.3 Å². The topological polar surface area (TPSA) is 26.3 Å². The Hall–Kier alpha value is -1.78. The smallest absolute Gasteiger partial charge is 0.412 e. The Labute approximate surface area is 90.3 Å². The van der Waals surface area contributed by atoms with Gasteiger partial charge >= 0.3 is 6.18 Å². The van der Waals surface area contributed by atoms with Crippen LogP contribution in [0.1, 0.15) is 17.3 Å². The molecule has 86 valence electrons. The number of Topliss-reactive ketones (excluding diaryl/α,β-unsaturated/α-hetero) is 1. The predicted molar refractivity (Wildman–Crippen MR) is 52.3 cm³/mol. The Morgan fingerprint density at radius 2 is 1.81 bits per heavy atom. The molecule has 0 aliphatic rings. The third-order valence-electron chi connectivity index (χ3n) is 1.72. The van der Waals surface area contributed by atoms with Crippen molar-refractivity contribution in [3.05, 3.63) is 42.2 Å². The van der Waals surface area contributed by atoms with Crippen molar-refractivity contribution >= 4 is 5.78 Å². The summed E-state index contributed by atoms with van der Waals surface area (Å²) in [5.74, 6) is 0.128. The Bertz CT molecular complexity index is 391. The zero-order chi connectivity index (χ0) is 12.2. The number of allylic oxidation sites excluding steroid dienone is 1. The summed E-state index contributed by atoms with van der Waals surface area (Å²) in [5, 5.41) is 0. The highest BCUT2D eigenvalue weighted by Crippen LogP contribution is 2.17. The molecule has 0 spiro atoms. The van der Waals surface area contributed by atoms with Crippen molar-refractivity contribution in [3.63, 3.8) is 0 Å². The molecule has 0 unspecified atom stereocenters. The van der Waals surface area contributed by atoms with Gasteiger partial charge in [-0.05, 0) is 31.2 Å². The average molecular weight is 230 g/mol. The van der Waals surface area contributed by atoms with Crippen molar-refractivity contribution < 1.29 is 22.7 Å². The molecule has 1 rings (SSSR count). The molecule has 0 N–H and O–H groups in total. The second-order valence-electron chi connectivity index (χ2n) is 3.04. The number of ketones is 1. The molecule has 0 atom stereocenters. The highest BCUT2D eigenvalue weighted by molar-refractivity contribution is 5.94. The fourth-order valence-electron chi connectivity index (χ4n) is 0.958. The summed E-state index contributed by atoms with van der Waals surface area (Å²) in [6, 6.07) is 5.83. The molecule has 0 aliphatic carbocycles. The standard InChI is InChI=1S/C11H9F3O2/c1-8(15)9-2-4-10(5-3-9)16-7-6-11(12,13)14/h2-7H,1H3/b7-6-. The van der Waals surface area contributed by atoms with Crippen LogP contribution >= 0.6 is 0 Å². The molecule has 0 amide bonds. The van der Waals surface area contributed by atoms with Crippen LogP contribution in [0.25, 0.3) is 0 Å². The summed E-state index contributed by atoms with van der Waals surface area (Å²) in [5.41, 5.74) is 0.479. The summed E-state index contributed by atoms with van der Waals surface area (Å²) in [6.07, 6.45) is -3.84. The van der Waals surface area contributed by atoms with Gasteiger partial charge in [-0.1, -0.05) is 0 Å². The molecule has 0 saturated heterocycles. The maximum atomic E-state index is 11.7. The first-order chi connectivity index (χ1) is 7.38. The molecule has 1 aromatic rings. The van der Waals surface area contributed by atoms with Crippen LogP contribution in [0.2, 0.25) is 0 Å². The molecule has 5 heteroatoms. The molecular formula is C11H9F3O2. The molecule has 0 aliphatic heterocycles. The van der Waals surface area contributed by atoms with E-state index in [2.05, 4.69) is 0 Å². The van der Waals surface area contributed by atoms with Gasteiger partial charge in [0.2, 0.25) is 0 Å². The molecule has 0 saturated carbocycles. The molecule has 1 aromatic carbocycles. The van der Waals surface area contributed by atoms with Crippen LogP contribution in [0, 0.1) is 0 Å². The third kappa shape index (κ3) is 4.16. The van der Waals surface area contributed by atoms with Gasteiger partial charge in [0.1, 0.15) is 5.75 Å². The highest BCUT2D eigenvalue weighted by Gasteiger charge is 2.22. The number of alkyl halides is 3. The molecule has 0 aromatic heterocycles. The van der Waals surface area contributed by atoms with E-state index in [1.165, 1.54) is 31.2 Å². The fourth-order valence-corrected chi connectivity index (χ4v) is 0.958. The molecule has 0 bridgehead atoms. The quantitative estimate of drug-likeness (QED) is 0.588. The Kier molecular flexibility index (Phi) is 3.71. The minimum absolute atomic E-state index is 0.00805. The van der Waals surface area contributed by atoms with E-state index in [9.17, 15) is 18.0 Å². The number of rotatable bonds is 3. The normalized spacial score (nSPS) is 11.8. The number of benzene rings is 1. The van der Waals surface area contributed by atoms with Crippen molar-refractivity contribution in [2.45, 2.75) is 13.1 Å². The lowest BCUT2D eigenvalue weighted by Gasteiger charge is -2.02. The maximum absolute atomic E-state index is 11.7. The van der Waals surface area contributed by atoms with E-state index in [0.717, 1.165) is 0 Å². The number of carbonyl (C=O) groups excluding carboxylic acids is 1. The van der Waals surface area contributed by atoms with E-state index in [1.54, 1.807) is 0 Å². The first kappa shape index (κ1) is 12.3. The average Bonchev–Trinajstić information content (AvgIpc) is 2.16. The Morgan fingerprint density at radius 1 is 1.25 bits per heavy atom. The molecule has 0 heterocycles. The first-order valence-electron chi connectivity index (χ1n) is 4.40. The number of ether oxygens (including phenoxy) is 1. The van der Waals surface area contributed by atoms with Gasteiger partial charge in [0.25, 0.3) is 0 Å². The third-order valence-corrected chi connectivity index (χ3v) is 1.72. The number of hydrogen-bond acceptors (Lipinski definition) is 2. The summed E-state index contributed by atoms with van der Waals surface area (Å²) in [6.45, 7) is 1.40. The van der Waals surface area contributed by atoms with E-state index >= 15 is 0 Å². The summed E-state index contributed by atoms with van der Waals surface area (Å²) >= 11 is 0. The van der Waals surface area contributed by atoms with E-state index in [-0.39, 0.29) is 17.6 Å². The van der Waals surface area contributed by atoms with Crippen LogP contribution < -0.4 is 4.74 Å². The minimum atomic E-state index is -4.39. The largest absolute Gasteiger partial charge is 0.465 e. The van der Waals surface area contributed by atoms with Gasteiger partial charge in [-0.3, -0.25) is 4.79 Å². The highest BCUT2D eigenvalue weighted by atomic mass is 19.4. The van der Waals surface area contributed by atoms with E-state index < -0.39 is 6.18 Å². The van der Waals surface area contributed by atoms with Gasteiger partial charge in [0, 0.05) is 5.56 Å². The zero-order valence-electron chi connectivity index (χ0n) is 8.41. The lowest BCUT2D eigenvalue weighted by molar-refractivity contribution is -0.0809.